The summed E-state index contributed by atoms with van der Waals surface area (Å²) in [5.74, 6) is 4.04. The molecule has 0 amide bonds. The Kier molecular flexibility index (Phi) is 4.28. The van der Waals surface area contributed by atoms with Crippen LogP contribution in [0.3, 0.4) is 0 Å². The number of rotatable bonds is 4. The topological polar surface area (TPSA) is 26.0 Å². The van der Waals surface area contributed by atoms with Crippen LogP contribution in [0.15, 0.2) is 0 Å². The highest BCUT2D eigenvalue weighted by atomic mass is 14.7. The van der Waals surface area contributed by atoms with Gasteiger partial charge in [-0.2, -0.15) is 0 Å². The van der Waals surface area contributed by atoms with Gasteiger partial charge in [-0.25, -0.2) is 0 Å². The monoisotopic (exact) mass is 249 g/mol. The Morgan fingerprint density at radius 1 is 0.722 bits per heavy atom. The van der Waals surface area contributed by atoms with Crippen molar-refractivity contribution in [2.75, 3.05) is 0 Å². The lowest BCUT2D eigenvalue weighted by atomic mass is 9.85. The summed E-state index contributed by atoms with van der Waals surface area (Å²) in [5.41, 5.74) is 6.28. The van der Waals surface area contributed by atoms with Gasteiger partial charge in [0.1, 0.15) is 0 Å². The fraction of sp³-hybridized carbons (Fsp3) is 1.00. The summed E-state index contributed by atoms with van der Waals surface area (Å²) in [6.45, 7) is 0. The van der Waals surface area contributed by atoms with Crippen LogP contribution in [-0.2, 0) is 0 Å². The van der Waals surface area contributed by atoms with Gasteiger partial charge in [-0.3, -0.25) is 0 Å². The van der Waals surface area contributed by atoms with E-state index in [9.17, 15) is 0 Å². The smallest absolute Gasteiger partial charge is 0.00698 e. The van der Waals surface area contributed by atoms with E-state index in [0.29, 0.717) is 6.04 Å². The van der Waals surface area contributed by atoms with Crippen molar-refractivity contribution < 1.29 is 0 Å². The molecular weight excluding hydrogens is 218 g/mol. The molecule has 4 atom stereocenters. The lowest BCUT2D eigenvalue weighted by molar-refractivity contribution is 0.299. The molecule has 3 fully saturated rings. The van der Waals surface area contributed by atoms with Crippen LogP contribution in [-0.4, -0.2) is 6.04 Å². The van der Waals surface area contributed by atoms with Crippen molar-refractivity contribution in [1.29, 1.82) is 0 Å². The second-order valence-electron chi connectivity index (χ2n) is 7.43. The van der Waals surface area contributed by atoms with Crippen molar-refractivity contribution in [2.45, 2.75) is 83.1 Å². The van der Waals surface area contributed by atoms with Crippen molar-refractivity contribution in [3.63, 3.8) is 0 Å². The maximum Gasteiger partial charge on any atom is 0.00698 e. The molecule has 104 valence electrons. The van der Waals surface area contributed by atoms with Gasteiger partial charge in [0.05, 0.1) is 0 Å². The molecule has 0 aromatic rings. The first-order valence-corrected chi connectivity index (χ1v) is 8.58. The molecule has 1 heteroatoms. The molecule has 1 nitrogen and oxygen atoms in total. The lowest BCUT2D eigenvalue weighted by Crippen LogP contribution is -2.29. The van der Waals surface area contributed by atoms with E-state index in [0.717, 1.165) is 23.7 Å². The van der Waals surface area contributed by atoms with Crippen LogP contribution in [0.2, 0.25) is 0 Å². The Bertz CT molecular complexity index is 256. The van der Waals surface area contributed by atoms with Gasteiger partial charge in [0.15, 0.2) is 0 Å². The highest BCUT2D eigenvalue weighted by Crippen LogP contribution is 2.44. The minimum Gasteiger partial charge on any atom is -0.327 e. The SMILES string of the molecule is NC1CCCC1C1CCC(CCC2CCCC2)C1. The third-order valence-corrected chi connectivity index (χ3v) is 6.27. The molecule has 0 aliphatic heterocycles. The molecule has 0 aromatic heterocycles. The second-order valence-corrected chi connectivity index (χ2v) is 7.43. The van der Waals surface area contributed by atoms with E-state index < -0.39 is 0 Å². The van der Waals surface area contributed by atoms with Crippen molar-refractivity contribution in [2.24, 2.45) is 29.4 Å². The van der Waals surface area contributed by atoms with Crippen LogP contribution >= 0.6 is 0 Å². The molecule has 3 aliphatic rings. The zero-order valence-corrected chi connectivity index (χ0v) is 11.9. The summed E-state index contributed by atoms with van der Waals surface area (Å²) in [6.07, 6.45) is 17.8. The van der Waals surface area contributed by atoms with Gasteiger partial charge in [-0.1, -0.05) is 51.4 Å². The van der Waals surface area contributed by atoms with Crippen LogP contribution in [0.5, 0.6) is 0 Å². The predicted octanol–water partition coefficient (Wildman–Crippen LogP) is 4.50. The summed E-state index contributed by atoms with van der Waals surface area (Å²) in [7, 11) is 0. The summed E-state index contributed by atoms with van der Waals surface area (Å²) < 4.78 is 0. The van der Waals surface area contributed by atoms with Crippen molar-refractivity contribution in [1.82, 2.24) is 0 Å². The Hall–Kier alpha value is -0.0400. The first-order valence-electron chi connectivity index (χ1n) is 8.58. The fourth-order valence-corrected chi connectivity index (χ4v) is 5.14. The zero-order chi connectivity index (χ0) is 12.4. The van der Waals surface area contributed by atoms with E-state index >= 15 is 0 Å². The highest BCUT2D eigenvalue weighted by molar-refractivity contribution is 4.89. The minimum absolute atomic E-state index is 0.545. The summed E-state index contributed by atoms with van der Waals surface area (Å²) in [6, 6.07) is 0.545. The minimum atomic E-state index is 0.545. The average molecular weight is 249 g/mol. The molecular formula is C17H31N. The lowest BCUT2D eigenvalue weighted by Gasteiger charge is -2.23. The largest absolute Gasteiger partial charge is 0.327 e. The Balaban J connectivity index is 1.40. The first-order chi connectivity index (χ1) is 8.83. The molecule has 0 bridgehead atoms. The molecule has 0 saturated heterocycles. The maximum absolute atomic E-state index is 6.28. The normalized spacial score (nSPS) is 41.8. The van der Waals surface area contributed by atoms with Gasteiger partial charge < -0.3 is 5.73 Å². The number of nitrogens with two attached hydrogens (primary N) is 1. The Labute approximate surface area is 113 Å². The quantitative estimate of drug-likeness (QED) is 0.780. The molecule has 3 aliphatic carbocycles. The molecule has 2 N–H and O–H groups in total. The van der Waals surface area contributed by atoms with Crippen LogP contribution in [0.1, 0.15) is 77.0 Å². The van der Waals surface area contributed by atoms with Crippen LogP contribution in [0.4, 0.5) is 0 Å². The molecule has 0 radical (unpaired) electrons. The number of hydrogen-bond acceptors (Lipinski definition) is 1. The van der Waals surface area contributed by atoms with E-state index in [-0.39, 0.29) is 0 Å². The third-order valence-electron chi connectivity index (χ3n) is 6.27. The average Bonchev–Trinajstić information content (AvgIpc) is 3.07. The van der Waals surface area contributed by atoms with E-state index in [4.69, 9.17) is 5.73 Å². The third kappa shape index (κ3) is 2.92. The predicted molar refractivity (Wildman–Crippen MR) is 77.3 cm³/mol. The van der Waals surface area contributed by atoms with E-state index in [1.165, 1.54) is 77.0 Å². The van der Waals surface area contributed by atoms with Gasteiger partial charge in [-0.15, -0.1) is 0 Å². The van der Waals surface area contributed by atoms with E-state index in [2.05, 4.69) is 0 Å². The molecule has 0 heterocycles. The van der Waals surface area contributed by atoms with Crippen LogP contribution < -0.4 is 5.73 Å². The van der Waals surface area contributed by atoms with Crippen LogP contribution in [0.25, 0.3) is 0 Å². The molecule has 3 saturated carbocycles. The van der Waals surface area contributed by atoms with Gasteiger partial charge in [0, 0.05) is 6.04 Å². The summed E-state index contributed by atoms with van der Waals surface area (Å²) >= 11 is 0. The highest BCUT2D eigenvalue weighted by Gasteiger charge is 2.36. The molecule has 4 unspecified atom stereocenters. The standard InChI is InChI=1S/C17H31N/c18-17-7-3-6-16(17)15-11-10-14(12-15)9-8-13-4-1-2-5-13/h13-17H,1-12,18H2. The van der Waals surface area contributed by atoms with Gasteiger partial charge >= 0.3 is 0 Å². The van der Waals surface area contributed by atoms with Crippen molar-refractivity contribution >= 4 is 0 Å². The fourth-order valence-electron chi connectivity index (χ4n) is 5.14. The van der Waals surface area contributed by atoms with Crippen molar-refractivity contribution in [3.05, 3.63) is 0 Å². The molecule has 0 spiro atoms. The Morgan fingerprint density at radius 2 is 1.50 bits per heavy atom. The summed E-state index contributed by atoms with van der Waals surface area (Å²) in [5, 5.41) is 0. The van der Waals surface area contributed by atoms with Crippen molar-refractivity contribution in [3.8, 4) is 0 Å². The molecule has 3 rings (SSSR count). The number of hydrogen-bond donors (Lipinski definition) is 1. The molecule has 0 aromatic carbocycles. The molecule has 18 heavy (non-hydrogen) atoms. The maximum atomic E-state index is 6.28. The summed E-state index contributed by atoms with van der Waals surface area (Å²) in [4.78, 5) is 0. The van der Waals surface area contributed by atoms with Gasteiger partial charge in [-0.05, 0) is 49.4 Å². The van der Waals surface area contributed by atoms with Gasteiger partial charge in [0.2, 0.25) is 0 Å². The second kappa shape index (κ2) is 5.94. The van der Waals surface area contributed by atoms with Gasteiger partial charge in [0.25, 0.3) is 0 Å². The van der Waals surface area contributed by atoms with E-state index in [1.807, 2.05) is 0 Å². The van der Waals surface area contributed by atoms with E-state index in [1.54, 1.807) is 0 Å². The Morgan fingerprint density at radius 3 is 2.22 bits per heavy atom. The zero-order valence-electron chi connectivity index (χ0n) is 11.9. The first kappa shape index (κ1) is 13.0. The van der Waals surface area contributed by atoms with Crippen LogP contribution in [0, 0.1) is 23.7 Å².